The number of nitriles is 1. The monoisotopic (exact) mass is 262 g/mol. The number of hydrogen-bond acceptors (Lipinski definition) is 4. The van der Waals surface area contributed by atoms with Crippen molar-refractivity contribution in [3.8, 4) is 6.07 Å². The van der Waals surface area contributed by atoms with Gasteiger partial charge in [0.2, 0.25) is 0 Å². The van der Waals surface area contributed by atoms with Crippen molar-refractivity contribution >= 4 is 17.7 Å². The van der Waals surface area contributed by atoms with Crippen molar-refractivity contribution in [2.24, 2.45) is 5.92 Å². The number of nitrogens with zero attached hydrogens (tertiary/aromatic N) is 3. The number of amides is 2. The average molecular weight is 262 g/mol. The minimum atomic E-state index is -1.13. The highest BCUT2D eigenvalue weighted by molar-refractivity contribution is 5.90. The summed E-state index contributed by atoms with van der Waals surface area (Å²) >= 11 is 0. The van der Waals surface area contributed by atoms with Gasteiger partial charge in [-0.2, -0.15) is 5.26 Å². The number of carboxylic acid groups (broad SMARTS) is 1. The molecule has 1 aromatic rings. The first kappa shape index (κ1) is 14.4. The fourth-order valence-corrected chi connectivity index (χ4v) is 1.35. The highest BCUT2D eigenvalue weighted by Crippen LogP contribution is 2.07. The molecule has 2 amide bonds. The molecule has 0 aliphatic rings. The largest absolute Gasteiger partial charge is 0.477 e. The Morgan fingerprint density at radius 1 is 1.58 bits per heavy atom. The van der Waals surface area contributed by atoms with E-state index in [9.17, 15) is 9.59 Å². The van der Waals surface area contributed by atoms with Gasteiger partial charge in [0.25, 0.3) is 0 Å². The lowest BCUT2D eigenvalue weighted by Crippen LogP contribution is -2.34. The SMILES string of the molecule is CC(C#N)CN(C)C(=O)Nc1ccc(C(=O)O)nc1. The number of carbonyl (C=O) groups is 2. The number of carboxylic acids is 1. The smallest absolute Gasteiger partial charge is 0.354 e. The van der Waals surface area contributed by atoms with Gasteiger partial charge in [-0.3, -0.25) is 0 Å². The number of carbonyl (C=O) groups excluding carboxylic acids is 1. The highest BCUT2D eigenvalue weighted by Gasteiger charge is 2.12. The van der Waals surface area contributed by atoms with Gasteiger partial charge < -0.3 is 15.3 Å². The molecular formula is C12H14N4O3. The summed E-state index contributed by atoms with van der Waals surface area (Å²) in [6, 6.07) is 4.41. The molecule has 0 aliphatic carbocycles. The van der Waals surface area contributed by atoms with E-state index in [4.69, 9.17) is 10.4 Å². The molecule has 2 N–H and O–H groups in total. The van der Waals surface area contributed by atoms with Crippen molar-refractivity contribution in [1.29, 1.82) is 5.26 Å². The Bertz CT molecular complexity index is 507. The first-order chi connectivity index (χ1) is 8.93. The molecule has 1 atom stereocenters. The lowest BCUT2D eigenvalue weighted by molar-refractivity contribution is 0.0690. The van der Waals surface area contributed by atoms with Crippen LogP contribution in [0.1, 0.15) is 17.4 Å². The molecule has 1 heterocycles. The second-order valence-electron chi connectivity index (χ2n) is 4.08. The van der Waals surface area contributed by atoms with Gasteiger partial charge >= 0.3 is 12.0 Å². The molecular weight excluding hydrogens is 248 g/mol. The molecule has 0 fully saturated rings. The maximum atomic E-state index is 11.7. The summed E-state index contributed by atoms with van der Waals surface area (Å²) in [4.78, 5) is 27.4. The molecule has 100 valence electrons. The first-order valence-electron chi connectivity index (χ1n) is 5.55. The number of aromatic nitrogens is 1. The lowest BCUT2D eigenvalue weighted by atomic mass is 10.2. The van der Waals surface area contributed by atoms with Crippen molar-refractivity contribution in [3.63, 3.8) is 0 Å². The third kappa shape index (κ3) is 4.27. The fraction of sp³-hybridized carbons (Fsp3) is 0.333. The Hall–Kier alpha value is -2.62. The van der Waals surface area contributed by atoms with Crippen LogP contribution in [0, 0.1) is 17.2 Å². The summed E-state index contributed by atoms with van der Waals surface area (Å²) in [6.07, 6.45) is 1.27. The van der Waals surface area contributed by atoms with Gasteiger partial charge in [-0.25, -0.2) is 14.6 Å². The van der Waals surface area contributed by atoms with Crippen molar-refractivity contribution < 1.29 is 14.7 Å². The molecule has 0 aromatic carbocycles. The average Bonchev–Trinajstić information content (AvgIpc) is 2.38. The molecule has 0 saturated heterocycles. The van der Waals surface area contributed by atoms with Gasteiger partial charge in [-0.05, 0) is 19.1 Å². The van der Waals surface area contributed by atoms with Crippen LogP contribution in [0.15, 0.2) is 18.3 Å². The third-order valence-electron chi connectivity index (χ3n) is 2.35. The summed E-state index contributed by atoms with van der Waals surface area (Å²) in [6.45, 7) is 2.02. The highest BCUT2D eigenvalue weighted by atomic mass is 16.4. The quantitative estimate of drug-likeness (QED) is 0.853. The van der Waals surface area contributed by atoms with Crippen LogP contribution in [-0.2, 0) is 0 Å². The Morgan fingerprint density at radius 3 is 2.74 bits per heavy atom. The molecule has 0 spiro atoms. The summed E-state index contributed by atoms with van der Waals surface area (Å²) in [5.74, 6) is -1.39. The minimum absolute atomic E-state index is 0.0931. The van der Waals surface area contributed by atoms with Crippen LogP contribution < -0.4 is 5.32 Å². The van der Waals surface area contributed by atoms with Crippen LogP contribution in [0.2, 0.25) is 0 Å². The van der Waals surface area contributed by atoms with Crippen molar-refractivity contribution in [2.75, 3.05) is 18.9 Å². The van der Waals surface area contributed by atoms with Crippen LogP contribution in [0.5, 0.6) is 0 Å². The van der Waals surface area contributed by atoms with Crippen LogP contribution >= 0.6 is 0 Å². The second-order valence-corrected chi connectivity index (χ2v) is 4.08. The molecule has 7 nitrogen and oxygen atoms in total. The fourth-order valence-electron chi connectivity index (χ4n) is 1.35. The van der Waals surface area contributed by atoms with Crippen molar-refractivity contribution in [3.05, 3.63) is 24.0 Å². The summed E-state index contributed by atoms with van der Waals surface area (Å²) in [5, 5.41) is 19.9. The zero-order valence-corrected chi connectivity index (χ0v) is 10.6. The summed E-state index contributed by atoms with van der Waals surface area (Å²) < 4.78 is 0. The van der Waals surface area contributed by atoms with Gasteiger partial charge in [-0.15, -0.1) is 0 Å². The van der Waals surface area contributed by atoms with E-state index in [0.717, 1.165) is 0 Å². The Labute approximate surface area is 110 Å². The van der Waals surface area contributed by atoms with E-state index in [0.29, 0.717) is 12.2 Å². The topological polar surface area (TPSA) is 106 Å². The first-order valence-corrected chi connectivity index (χ1v) is 5.55. The normalized spacial score (nSPS) is 11.2. The van der Waals surface area contributed by atoms with E-state index in [2.05, 4.69) is 10.3 Å². The van der Waals surface area contributed by atoms with Gasteiger partial charge in [0.15, 0.2) is 0 Å². The summed E-state index contributed by atoms with van der Waals surface area (Å²) in [7, 11) is 1.57. The van der Waals surface area contributed by atoms with Crippen molar-refractivity contribution in [1.82, 2.24) is 9.88 Å². The van der Waals surface area contributed by atoms with Crippen LogP contribution in [0.3, 0.4) is 0 Å². The summed E-state index contributed by atoms with van der Waals surface area (Å²) in [5.41, 5.74) is 0.302. The molecule has 1 rings (SSSR count). The number of nitrogens with one attached hydrogen (secondary N) is 1. The molecule has 0 saturated carbocycles. The van der Waals surface area contributed by atoms with E-state index in [1.54, 1.807) is 14.0 Å². The number of hydrogen-bond donors (Lipinski definition) is 2. The minimum Gasteiger partial charge on any atom is -0.477 e. The zero-order valence-electron chi connectivity index (χ0n) is 10.6. The molecule has 7 heteroatoms. The van der Waals surface area contributed by atoms with Gasteiger partial charge in [0.05, 0.1) is 23.9 Å². The van der Waals surface area contributed by atoms with Crippen LogP contribution in [0.4, 0.5) is 10.5 Å². The van der Waals surface area contributed by atoms with E-state index in [1.807, 2.05) is 6.07 Å². The van der Waals surface area contributed by atoms with Crippen molar-refractivity contribution in [2.45, 2.75) is 6.92 Å². The number of anilines is 1. The standard InChI is InChI=1S/C12H14N4O3/c1-8(5-13)7-16(2)12(19)15-9-3-4-10(11(17)18)14-6-9/h3-4,6,8H,7H2,1-2H3,(H,15,19)(H,17,18). The molecule has 0 bridgehead atoms. The maximum absolute atomic E-state index is 11.7. The van der Waals surface area contributed by atoms with E-state index >= 15 is 0 Å². The molecule has 0 radical (unpaired) electrons. The van der Waals surface area contributed by atoms with Crippen LogP contribution in [0.25, 0.3) is 0 Å². The third-order valence-corrected chi connectivity index (χ3v) is 2.35. The Morgan fingerprint density at radius 2 is 2.26 bits per heavy atom. The predicted molar refractivity (Wildman–Crippen MR) is 67.6 cm³/mol. The number of aromatic carboxylic acids is 1. The van der Waals surface area contributed by atoms with E-state index in [-0.39, 0.29) is 17.6 Å². The van der Waals surface area contributed by atoms with Gasteiger partial charge in [0.1, 0.15) is 5.69 Å². The molecule has 1 unspecified atom stereocenters. The molecule has 0 aliphatic heterocycles. The Balaban J connectivity index is 2.62. The van der Waals surface area contributed by atoms with E-state index < -0.39 is 5.97 Å². The van der Waals surface area contributed by atoms with Gasteiger partial charge in [-0.1, -0.05) is 0 Å². The Kier molecular flexibility index (Phi) is 4.83. The maximum Gasteiger partial charge on any atom is 0.354 e. The zero-order chi connectivity index (χ0) is 14.4. The predicted octanol–water partition coefficient (Wildman–Crippen LogP) is 1.40. The van der Waals surface area contributed by atoms with Crippen LogP contribution in [-0.4, -0.2) is 40.6 Å². The number of urea groups is 1. The molecule has 1 aromatic heterocycles. The number of rotatable bonds is 4. The number of pyridine rings is 1. The molecule has 19 heavy (non-hydrogen) atoms. The van der Waals surface area contributed by atoms with Gasteiger partial charge in [0, 0.05) is 13.6 Å². The van der Waals surface area contributed by atoms with E-state index in [1.165, 1.54) is 23.2 Å². The second kappa shape index (κ2) is 6.35. The lowest BCUT2D eigenvalue weighted by Gasteiger charge is -2.18.